The fraction of sp³-hybridized carbons (Fsp3) is 0.733. The molecule has 0 aromatic carbocycles. The van der Waals surface area contributed by atoms with Crippen LogP contribution in [0.25, 0.3) is 0 Å². The van der Waals surface area contributed by atoms with E-state index in [4.69, 9.17) is 0 Å². The van der Waals surface area contributed by atoms with Gasteiger partial charge in [0.2, 0.25) is 0 Å². The number of Topliss-reactive ketones (excluding diaryl/α,β-unsaturated/α-hetero) is 1. The number of hydrogen-bond donors (Lipinski definition) is 0. The fourth-order valence-electron chi connectivity index (χ4n) is 2.65. The predicted molar refractivity (Wildman–Crippen MR) is 78.2 cm³/mol. The van der Waals surface area contributed by atoms with E-state index in [9.17, 15) is 4.79 Å². The summed E-state index contributed by atoms with van der Waals surface area (Å²) >= 11 is 0. The molecule has 0 aliphatic rings. The second-order valence-electron chi connectivity index (χ2n) is 5.18. The van der Waals surface area contributed by atoms with Crippen molar-refractivity contribution in [2.75, 3.05) is 13.1 Å². The highest BCUT2D eigenvalue weighted by atomic mass is 16.1. The van der Waals surface area contributed by atoms with Crippen molar-refractivity contribution >= 4 is 5.78 Å². The summed E-state index contributed by atoms with van der Waals surface area (Å²) in [5.41, 5.74) is -0.339. The third-order valence-corrected chi connectivity index (χ3v) is 4.25. The van der Waals surface area contributed by atoms with Crippen LogP contribution in [0.4, 0.5) is 0 Å². The maximum atomic E-state index is 12.6. The molecule has 0 N–H and O–H groups in total. The Morgan fingerprint density at radius 3 is 2.42 bits per heavy atom. The zero-order valence-corrected chi connectivity index (χ0v) is 12.9. The van der Waals surface area contributed by atoms with E-state index in [1.807, 2.05) is 17.8 Å². The summed E-state index contributed by atoms with van der Waals surface area (Å²) in [4.78, 5) is 19.1. The summed E-state index contributed by atoms with van der Waals surface area (Å²) in [7, 11) is 1.97. The van der Waals surface area contributed by atoms with E-state index in [1.54, 1.807) is 6.20 Å². The number of carbonyl (C=O) groups excluding carboxylic acids is 1. The first kappa shape index (κ1) is 15.9. The third-order valence-electron chi connectivity index (χ3n) is 4.25. The molecule has 4 nitrogen and oxygen atoms in total. The molecule has 1 rings (SSSR count). The van der Waals surface area contributed by atoms with Crippen LogP contribution >= 0.6 is 0 Å². The average molecular weight is 265 g/mol. The third kappa shape index (κ3) is 3.44. The Bertz CT molecular complexity index is 409. The van der Waals surface area contributed by atoms with Crippen LogP contribution in [-0.2, 0) is 18.3 Å². The number of aryl methyl sites for hydroxylation is 2. The van der Waals surface area contributed by atoms with Crippen LogP contribution in [-0.4, -0.2) is 38.9 Å². The van der Waals surface area contributed by atoms with Crippen LogP contribution < -0.4 is 0 Å². The number of rotatable bonds is 8. The van der Waals surface area contributed by atoms with Gasteiger partial charge in [0.05, 0.1) is 5.54 Å². The fourth-order valence-corrected chi connectivity index (χ4v) is 2.65. The van der Waals surface area contributed by atoms with Gasteiger partial charge < -0.3 is 4.57 Å². The molecule has 1 aromatic rings. The van der Waals surface area contributed by atoms with Crippen molar-refractivity contribution in [2.24, 2.45) is 7.05 Å². The van der Waals surface area contributed by atoms with Crippen molar-refractivity contribution in [1.29, 1.82) is 0 Å². The molecule has 4 heteroatoms. The first-order chi connectivity index (χ1) is 8.99. The average Bonchev–Trinajstić information content (AvgIpc) is 2.82. The first-order valence-corrected chi connectivity index (χ1v) is 7.24. The highest BCUT2D eigenvalue weighted by Crippen LogP contribution is 2.22. The number of imidazole rings is 1. The molecule has 1 unspecified atom stereocenters. The minimum atomic E-state index is -0.339. The highest BCUT2D eigenvalue weighted by Gasteiger charge is 2.35. The van der Waals surface area contributed by atoms with Crippen molar-refractivity contribution in [3.05, 3.63) is 18.2 Å². The van der Waals surface area contributed by atoms with Gasteiger partial charge in [-0.3, -0.25) is 9.69 Å². The standard InChI is InChI=1S/C15H27N3O/c1-6-15(4,18(7-2)8-3)13(19)9-10-14-16-11-12-17(14)5/h11-12H,6-10H2,1-5H3. The zero-order chi connectivity index (χ0) is 14.5. The summed E-state index contributed by atoms with van der Waals surface area (Å²) in [5, 5.41) is 0. The van der Waals surface area contributed by atoms with Gasteiger partial charge in [0.25, 0.3) is 0 Å². The molecule has 0 radical (unpaired) electrons. The molecule has 0 saturated carbocycles. The molecule has 0 bridgehead atoms. The zero-order valence-electron chi connectivity index (χ0n) is 12.9. The molecule has 0 aliphatic heterocycles. The Hall–Kier alpha value is -1.16. The van der Waals surface area contributed by atoms with Crippen molar-refractivity contribution in [1.82, 2.24) is 14.5 Å². The van der Waals surface area contributed by atoms with Crippen LogP contribution in [0, 0.1) is 0 Å². The number of ketones is 1. The molecule has 108 valence electrons. The summed E-state index contributed by atoms with van der Waals surface area (Å²) < 4.78 is 1.98. The molecule has 1 heterocycles. The van der Waals surface area contributed by atoms with Crippen LogP contribution in [0.15, 0.2) is 12.4 Å². The van der Waals surface area contributed by atoms with Gasteiger partial charge in [-0.25, -0.2) is 4.98 Å². The second-order valence-corrected chi connectivity index (χ2v) is 5.18. The van der Waals surface area contributed by atoms with Gasteiger partial charge in [-0.1, -0.05) is 20.8 Å². The minimum absolute atomic E-state index is 0.321. The highest BCUT2D eigenvalue weighted by molar-refractivity contribution is 5.88. The van der Waals surface area contributed by atoms with Gasteiger partial charge in [-0.2, -0.15) is 0 Å². The topological polar surface area (TPSA) is 38.1 Å². The van der Waals surface area contributed by atoms with Crippen molar-refractivity contribution in [3.63, 3.8) is 0 Å². The van der Waals surface area contributed by atoms with Crippen LogP contribution in [0.2, 0.25) is 0 Å². The van der Waals surface area contributed by atoms with Crippen LogP contribution in [0.1, 0.15) is 46.4 Å². The minimum Gasteiger partial charge on any atom is -0.338 e. The van der Waals surface area contributed by atoms with Crippen LogP contribution in [0.3, 0.4) is 0 Å². The Morgan fingerprint density at radius 2 is 2.00 bits per heavy atom. The summed E-state index contributed by atoms with van der Waals surface area (Å²) in [6.07, 6.45) is 5.84. The van der Waals surface area contributed by atoms with Gasteiger partial charge in [0.1, 0.15) is 5.82 Å². The summed E-state index contributed by atoms with van der Waals surface area (Å²) in [6.45, 7) is 10.2. The molecule has 1 atom stereocenters. The van der Waals surface area contributed by atoms with E-state index in [0.29, 0.717) is 12.2 Å². The number of nitrogens with zero attached hydrogens (tertiary/aromatic N) is 3. The quantitative estimate of drug-likeness (QED) is 0.724. The lowest BCUT2D eigenvalue weighted by molar-refractivity contribution is -0.130. The number of carbonyl (C=O) groups is 1. The molecule has 0 saturated heterocycles. The Labute approximate surface area is 116 Å². The first-order valence-electron chi connectivity index (χ1n) is 7.24. The number of hydrogen-bond acceptors (Lipinski definition) is 3. The van der Waals surface area contributed by atoms with E-state index in [1.165, 1.54) is 0 Å². The summed E-state index contributed by atoms with van der Waals surface area (Å²) in [6, 6.07) is 0. The Morgan fingerprint density at radius 1 is 1.37 bits per heavy atom. The lowest BCUT2D eigenvalue weighted by Gasteiger charge is -2.38. The largest absolute Gasteiger partial charge is 0.338 e. The van der Waals surface area contributed by atoms with Gasteiger partial charge in [0.15, 0.2) is 5.78 Å². The van der Waals surface area contributed by atoms with Crippen molar-refractivity contribution < 1.29 is 4.79 Å². The van der Waals surface area contributed by atoms with Crippen molar-refractivity contribution in [2.45, 2.75) is 52.5 Å². The van der Waals surface area contributed by atoms with Gasteiger partial charge in [-0.15, -0.1) is 0 Å². The summed E-state index contributed by atoms with van der Waals surface area (Å²) in [5.74, 6) is 1.30. The Kier molecular flexibility index (Phi) is 5.73. The van der Waals surface area contributed by atoms with E-state index in [0.717, 1.165) is 31.8 Å². The molecule has 0 fully saturated rings. The monoisotopic (exact) mass is 265 g/mol. The van der Waals surface area contributed by atoms with Crippen molar-refractivity contribution in [3.8, 4) is 0 Å². The van der Waals surface area contributed by atoms with Gasteiger partial charge in [-0.05, 0) is 26.4 Å². The molecule has 0 amide bonds. The smallest absolute Gasteiger partial charge is 0.153 e. The van der Waals surface area contributed by atoms with E-state index in [-0.39, 0.29) is 5.54 Å². The van der Waals surface area contributed by atoms with E-state index in [2.05, 4.69) is 37.6 Å². The SMILES string of the molecule is CCN(CC)C(C)(CC)C(=O)CCc1nccn1C. The van der Waals surface area contributed by atoms with E-state index >= 15 is 0 Å². The maximum Gasteiger partial charge on any atom is 0.153 e. The number of aromatic nitrogens is 2. The van der Waals surface area contributed by atoms with E-state index < -0.39 is 0 Å². The molecule has 0 spiro atoms. The number of likely N-dealkylation sites (N-methyl/N-ethyl adjacent to an activating group) is 1. The Balaban J connectivity index is 2.71. The lowest BCUT2D eigenvalue weighted by Crippen LogP contribution is -2.52. The lowest BCUT2D eigenvalue weighted by atomic mass is 9.88. The van der Waals surface area contributed by atoms with Gasteiger partial charge in [0, 0.05) is 32.3 Å². The molecular weight excluding hydrogens is 238 g/mol. The van der Waals surface area contributed by atoms with Crippen LogP contribution in [0.5, 0.6) is 0 Å². The van der Waals surface area contributed by atoms with Gasteiger partial charge >= 0.3 is 0 Å². The molecular formula is C15H27N3O. The maximum absolute atomic E-state index is 12.6. The predicted octanol–water partition coefficient (Wildman–Crippen LogP) is 2.43. The normalized spacial score (nSPS) is 14.6. The molecule has 19 heavy (non-hydrogen) atoms. The second kappa shape index (κ2) is 6.85. The molecule has 1 aromatic heterocycles. The molecule has 0 aliphatic carbocycles.